The number of likely N-dealkylation sites (tertiary alicyclic amines) is 1. The Balaban J connectivity index is 1.85. The highest BCUT2D eigenvalue weighted by Gasteiger charge is 2.37. The molecule has 4 heteroatoms. The van der Waals surface area contributed by atoms with Crippen LogP contribution in [0.3, 0.4) is 0 Å². The molecule has 0 saturated carbocycles. The lowest BCUT2D eigenvalue weighted by molar-refractivity contribution is 0.121. The fourth-order valence-corrected chi connectivity index (χ4v) is 2.68. The number of rotatable bonds is 4. The molecule has 88 valence electrons. The van der Waals surface area contributed by atoms with Crippen molar-refractivity contribution in [2.24, 2.45) is 17.1 Å². The number of hydrogen-bond acceptors (Lipinski definition) is 4. The first kappa shape index (κ1) is 11.3. The number of nitrogens with two attached hydrogens (primary N) is 1. The molecule has 2 atom stereocenters. The molecule has 0 aromatic heterocycles. The van der Waals surface area contributed by atoms with Crippen LogP contribution >= 0.6 is 0 Å². The van der Waals surface area contributed by atoms with Crippen LogP contribution in [0.15, 0.2) is 0 Å². The minimum Gasteiger partial charge on any atom is -0.396 e. The van der Waals surface area contributed by atoms with E-state index in [9.17, 15) is 0 Å². The first-order valence-corrected chi connectivity index (χ1v) is 5.89. The molecule has 2 rings (SSSR count). The van der Waals surface area contributed by atoms with Gasteiger partial charge in [-0.15, -0.1) is 0 Å². The van der Waals surface area contributed by atoms with Crippen LogP contribution < -0.4 is 5.73 Å². The van der Waals surface area contributed by atoms with E-state index in [-0.39, 0.29) is 5.41 Å². The van der Waals surface area contributed by atoms with Crippen molar-refractivity contribution in [1.29, 1.82) is 0 Å². The lowest BCUT2D eigenvalue weighted by Crippen LogP contribution is -2.42. The van der Waals surface area contributed by atoms with Crippen molar-refractivity contribution in [1.82, 2.24) is 4.90 Å². The molecule has 15 heavy (non-hydrogen) atoms. The first-order valence-electron chi connectivity index (χ1n) is 5.89. The lowest BCUT2D eigenvalue weighted by atomic mass is 9.87. The first-order chi connectivity index (χ1) is 7.28. The van der Waals surface area contributed by atoms with Crippen molar-refractivity contribution >= 4 is 0 Å². The van der Waals surface area contributed by atoms with E-state index in [2.05, 4.69) is 4.90 Å². The Morgan fingerprint density at radius 1 is 1.53 bits per heavy atom. The van der Waals surface area contributed by atoms with Gasteiger partial charge >= 0.3 is 0 Å². The second kappa shape index (κ2) is 4.78. The van der Waals surface area contributed by atoms with Gasteiger partial charge in [0.05, 0.1) is 6.61 Å². The molecule has 0 aromatic carbocycles. The average Bonchev–Trinajstić information content (AvgIpc) is 2.88. The van der Waals surface area contributed by atoms with Gasteiger partial charge in [0.25, 0.3) is 0 Å². The molecule has 2 saturated heterocycles. The van der Waals surface area contributed by atoms with Gasteiger partial charge in [0.1, 0.15) is 0 Å². The highest BCUT2D eigenvalue weighted by molar-refractivity contribution is 4.89. The molecule has 0 amide bonds. The number of aliphatic hydroxyl groups excluding tert-OH is 1. The van der Waals surface area contributed by atoms with Gasteiger partial charge in [0.2, 0.25) is 0 Å². The monoisotopic (exact) mass is 214 g/mol. The highest BCUT2D eigenvalue weighted by Crippen LogP contribution is 2.30. The summed E-state index contributed by atoms with van der Waals surface area (Å²) in [6.07, 6.45) is 2.21. The van der Waals surface area contributed by atoms with E-state index in [0.29, 0.717) is 19.1 Å². The fraction of sp³-hybridized carbons (Fsp3) is 1.00. The predicted molar refractivity (Wildman–Crippen MR) is 58.6 cm³/mol. The van der Waals surface area contributed by atoms with Crippen LogP contribution in [0.1, 0.15) is 12.8 Å². The van der Waals surface area contributed by atoms with Gasteiger partial charge in [0, 0.05) is 38.3 Å². The molecule has 4 nitrogen and oxygen atoms in total. The maximum Gasteiger partial charge on any atom is 0.0547 e. The summed E-state index contributed by atoms with van der Waals surface area (Å²) in [6.45, 7) is 5.87. The van der Waals surface area contributed by atoms with Crippen LogP contribution in [0.2, 0.25) is 0 Å². The second-order valence-corrected chi connectivity index (χ2v) is 5.08. The van der Waals surface area contributed by atoms with E-state index in [4.69, 9.17) is 15.6 Å². The molecule has 2 aliphatic rings. The van der Waals surface area contributed by atoms with E-state index in [0.717, 1.165) is 45.7 Å². The van der Waals surface area contributed by atoms with E-state index in [1.165, 1.54) is 0 Å². The second-order valence-electron chi connectivity index (χ2n) is 5.08. The number of ether oxygens (including phenoxy) is 1. The van der Waals surface area contributed by atoms with Crippen molar-refractivity contribution < 1.29 is 9.84 Å². The molecule has 2 unspecified atom stereocenters. The summed E-state index contributed by atoms with van der Waals surface area (Å²) in [6, 6.07) is 0. The summed E-state index contributed by atoms with van der Waals surface area (Å²) in [4.78, 5) is 2.43. The zero-order valence-corrected chi connectivity index (χ0v) is 9.32. The van der Waals surface area contributed by atoms with Crippen LogP contribution in [0, 0.1) is 11.3 Å². The minimum atomic E-state index is 0.185. The SMILES string of the molecule is NCC1(CN2CCC(CO)C2)CCOC1. The minimum absolute atomic E-state index is 0.185. The molecule has 3 N–H and O–H groups in total. The topological polar surface area (TPSA) is 58.7 Å². The van der Waals surface area contributed by atoms with Crippen molar-refractivity contribution in [3.8, 4) is 0 Å². The fourth-order valence-electron chi connectivity index (χ4n) is 2.68. The molecule has 0 radical (unpaired) electrons. The Bertz CT molecular complexity index is 205. The number of hydrogen-bond donors (Lipinski definition) is 2. The molecular formula is C11H22N2O2. The zero-order valence-electron chi connectivity index (χ0n) is 9.32. The molecular weight excluding hydrogens is 192 g/mol. The zero-order chi connectivity index (χ0) is 10.7. The summed E-state index contributed by atoms with van der Waals surface area (Å²) in [5, 5.41) is 9.09. The molecule has 0 aromatic rings. The summed E-state index contributed by atoms with van der Waals surface area (Å²) in [7, 11) is 0. The molecule has 0 bridgehead atoms. The smallest absolute Gasteiger partial charge is 0.0547 e. The van der Waals surface area contributed by atoms with Gasteiger partial charge in [-0.2, -0.15) is 0 Å². The van der Waals surface area contributed by atoms with Crippen molar-refractivity contribution in [2.45, 2.75) is 12.8 Å². The van der Waals surface area contributed by atoms with Crippen LogP contribution in [0.25, 0.3) is 0 Å². The summed E-state index contributed by atoms with van der Waals surface area (Å²) in [5.74, 6) is 0.474. The van der Waals surface area contributed by atoms with Crippen molar-refractivity contribution in [3.05, 3.63) is 0 Å². The van der Waals surface area contributed by atoms with Crippen molar-refractivity contribution in [2.75, 3.05) is 46.0 Å². The largest absolute Gasteiger partial charge is 0.396 e. The van der Waals surface area contributed by atoms with Gasteiger partial charge < -0.3 is 20.5 Å². The normalized spacial score (nSPS) is 37.6. The van der Waals surface area contributed by atoms with Gasteiger partial charge in [-0.05, 0) is 25.3 Å². The lowest BCUT2D eigenvalue weighted by Gasteiger charge is -2.30. The predicted octanol–water partition coefficient (Wildman–Crippen LogP) is -0.334. The number of aliphatic hydroxyl groups is 1. The quantitative estimate of drug-likeness (QED) is 0.672. The highest BCUT2D eigenvalue weighted by atomic mass is 16.5. The Hall–Kier alpha value is -0.160. The molecule has 2 heterocycles. The van der Waals surface area contributed by atoms with Gasteiger partial charge in [-0.1, -0.05) is 0 Å². The van der Waals surface area contributed by atoms with Crippen LogP contribution in [0.5, 0.6) is 0 Å². The third-order valence-electron chi connectivity index (χ3n) is 3.81. The summed E-state index contributed by atoms with van der Waals surface area (Å²) >= 11 is 0. The number of nitrogens with zero attached hydrogens (tertiary/aromatic N) is 1. The Labute approximate surface area is 91.4 Å². The van der Waals surface area contributed by atoms with E-state index >= 15 is 0 Å². The third kappa shape index (κ3) is 2.50. The molecule has 2 aliphatic heterocycles. The van der Waals surface area contributed by atoms with Crippen LogP contribution in [0.4, 0.5) is 0 Å². The Morgan fingerprint density at radius 3 is 2.93 bits per heavy atom. The van der Waals surface area contributed by atoms with Crippen molar-refractivity contribution in [3.63, 3.8) is 0 Å². The van der Waals surface area contributed by atoms with Crippen LogP contribution in [-0.2, 0) is 4.74 Å². The maximum absolute atomic E-state index is 9.09. The molecule has 0 spiro atoms. The summed E-state index contributed by atoms with van der Waals surface area (Å²) in [5.41, 5.74) is 6.04. The molecule has 2 fully saturated rings. The van der Waals surface area contributed by atoms with E-state index in [1.54, 1.807) is 0 Å². The van der Waals surface area contributed by atoms with Crippen LogP contribution in [-0.4, -0.2) is 56.0 Å². The average molecular weight is 214 g/mol. The van der Waals surface area contributed by atoms with Gasteiger partial charge in [-0.3, -0.25) is 0 Å². The molecule has 0 aliphatic carbocycles. The van der Waals surface area contributed by atoms with E-state index in [1.807, 2.05) is 0 Å². The van der Waals surface area contributed by atoms with E-state index < -0.39 is 0 Å². The Morgan fingerprint density at radius 2 is 2.40 bits per heavy atom. The summed E-state index contributed by atoms with van der Waals surface area (Å²) < 4.78 is 5.46. The standard InChI is InChI=1S/C11H22N2O2/c12-7-11(2-4-15-9-11)8-13-3-1-10(5-13)6-14/h10,14H,1-9,12H2. The maximum atomic E-state index is 9.09. The van der Waals surface area contributed by atoms with Gasteiger partial charge in [-0.25, -0.2) is 0 Å². The third-order valence-corrected chi connectivity index (χ3v) is 3.81. The Kier molecular flexibility index (Phi) is 3.61. The van der Waals surface area contributed by atoms with Gasteiger partial charge in [0.15, 0.2) is 0 Å².